The number of aromatic amines is 1. The molecular formula is C16H19N7S. The van der Waals surface area contributed by atoms with Gasteiger partial charge in [-0.25, -0.2) is 9.97 Å². The van der Waals surface area contributed by atoms with E-state index in [9.17, 15) is 0 Å². The van der Waals surface area contributed by atoms with Crippen LogP contribution in [0.4, 0.5) is 0 Å². The lowest BCUT2D eigenvalue weighted by Crippen LogP contribution is -2.28. The summed E-state index contributed by atoms with van der Waals surface area (Å²) in [5.74, 6) is 1.69. The van der Waals surface area contributed by atoms with E-state index in [4.69, 9.17) is 0 Å². The van der Waals surface area contributed by atoms with Crippen molar-refractivity contribution in [2.75, 3.05) is 13.1 Å². The topological polar surface area (TPSA) is 84.3 Å². The molecule has 1 aliphatic heterocycles. The number of piperidine rings is 1. The summed E-state index contributed by atoms with van der Waals surface area (Å²) in [6.45, 7) is 2.14. The molecule has 4 heterocycles. The molecule has 0 atom stereocenters. The SMILES string of the molecule is c1nc(Sc2nnc(C3CCNCC3)n2C2CC2)c2cc[nH]c2n1. The van der Waals surface area contributed by atoms with Gasteiger partial charge in [-0.2, -0.15) is 0 Å². The van der Waals surface area contributed by atoms with Crippen molar-refractivity contribution in [3.8, 4) is 0 Å². The van der Waals surface area contributed by atoms with Crippen LogP contribution in [0.3, 0.4) is 0 Å². The van der Waals surface area contributed by atoms with Crippen LogP contribution in [0.1, 0.15) is 43.5 Å². The molecule has 5 rings (SSSR count). The predicted octanol–water partition coefficient (Wildman–Crippen LogP) is 2.50. The van der Waals surface area contributed by atoms with Crippen molar-refractivity contribution >= 4 is 22.8 Å². The van der Waals surface area contributed by atoms with Crippen LogP contribution in [-0.2, 0) is 0 Å². The zero-order valence-electron chi connectivity index (χ0n) is 13.3. The summed E-state index contributed by atoms with van der Waals surface area (Å²) >= 11 is 1.60. The first-order chi connectivity index (χ1) is 11.9. The van der Waals surface area contributed by atoms with Crippen LogP contribution in [0.15, 0.2) is 28.8 Å². The molecule has 1 saturated heterocycles. The molecule has 1 aliphatic carbocycles. The number of aromatic nitrogens is 6. The Morgan fingerprint density at radius 1 is 1.08 bits per heavy atom. The third-order valence-electron chi connectivity index (χ3n) is 4.81. The number of rotatable bonds is 4. The fraction of sp³-hybridized carbons (Fsp3) is 0.500. The van der Waals surface area contributed by atoms with Gasteiger partial charge in [0.15, 0.2) is 5.16 Å². The van der Waals surface area contributed by atoms with Gasteiger partial charge in [-0.15, -0.1) is 10.2 Å². The maximum absolute atomic E-state index is 4.58. The third-order valence-corrected chi connectivity index (χ3v) is 5.79. The molecule has 0 aromatic carbocycles. The maximum Gasteiger partial charge on any atom is 0.197 e. The van der Waals surface area contributed by atoms with Crippen molar-refractivity contribution in [2.45, 2.75) is 47.8 Å². The first-order valence-corrected chi connectivity index (χ1v) is 9.33. The Balaban J connectivity index is 1.51. The average molecular weight is 341 g/mol. The molecule has 0 unspecified atom stereocenters. The van der Waals surface area contributed by atoms with Gasteiger partial charge >= 0.3 is 0 Å². The molecule has 1 saturated carbocycles. The summed E-state index contributed by atoms with van der Waals surface area (Å²) in [4.78, 5) is 11.9. The number of hydrogen-bond acceptors (Lipinski definition) is 6. The van der Waals surface area contributed by atoms with Gasteiger partial charge in [0.1, 0.15) is 22.8 Å². The summed E-state index contributed by atoms with van der Waals surface area (Å²) in [5.41, 5.74) is 0.864. The van der Waals surface area contributed by atoms with E-state index in [2.05, 4.69) is 35.0 Å². The lowest BCUT2D eigenvalue weighted by molar-refractivity contribution is 0.426. The monoisotopic (exact) mass is 341 g/mol. The van der Waals surface area contributed by atoms with E-state index in [1.165, 1.54) is 18.7 Å². The normalized spacial score (nSPS) is 19.2. The summed E-state index contributed by atoms with van der Waals surface area (Å²) in [7, 11) is 0. The van der Waals surface area contributed by atoms with Crippen LogP contribution in [0.25, 0.3) is 11.0 Å². The number of hydrogen-bond donors (Lipinski definition) is 2. The molecule has 0 spiro atoms. The largest absolute Gasteiger partial charge is 0.346 e. The van der Waals surface area contributed by atoms with Crippen LogP contribution in [-0.4, -0.2) is 42.8 Å². The first kappa shape index (κ1) is 14.4. The van der Waals surface area contributed by atoms with Gasteiger partial charge < -0.3 is 14.9 Å². The van der Waals surface area contributed by atoms with Crippen molar-refractivity contribution in [1.82, 2.24) is 35.0 Å². The molecule has 24 heavy (non-hydrogen) atoms. The summed E-state index contributed by atoms with van der Waals surface area (Å²) in [5, 5.41) is 15.5. The molecule has 0 radical (unpaired) electrons. The molecule has 2 N–H and O–H groups in total. The van der Waals surface area contributed by atoms with Crippen molar-refractivity contribution < 1.29 is 0 Å². The van der Waals surface area contributed by atoms with Gasteiger partial charge in [-0.1, -0.05) is 0 Å². The smallest absolute Gasteiger partial charge is 0.197 e. The van der Waals surface area contributed by atoms with Gasteiger partial charge in [0.2, 0.25) is 0 Å². The lowest BCUT2D eigenvalue weighted by atomic mass is 9.97. The minimum Gasteiger partial charge on any atom is -0.346 e. The lowest BCUT2D eigenvalue weighted by Gasteiger charge is -2.22. The summed E-state index contributed by atoms with van der Waals surface area (Å²) in [6, 6.07) is 2.58. The van der Waals surface area contributed by atoms with Gasteiger partial charge in [0.25, 0.3) is 0 Å². The van der Waals surface area contributed by atoms with E-state index in [0.29, 0.717) is 12.0 Å². The van der Waals surface area contributed by atoms with Crippen LogP contribution in [0.5, 0.6) is 0 Å². The molecule has 2 aliphatic rings. The minimum absolute atomic E-state index is 0.520. The van der Waals surface area contributed by atoms with Crippen molar-refractivity contribution in [3.63, 3.8) is 0 Å². The Morgan fingerprint density at radius 2 is 1.96 bits per heavy atom. The zero-order valence-corrected chi connectivity index (χ0v) is 14.1. The Hall–Kier alpha value is -1.93. The molecule has 7 nitrogen and oxygen atoms in total. The van der Waals surface area contributed by atoms with Crippen LogP contribution in [0.2, 0.25) is 0 Å². The maximum atomic E-state index is 4.58. The molecular weight excluding hydrogens is 322 g/mol. The standard InChI is InChI=1S/C16H19N7S/c1-2-11(1)23-14(10-3-6-17-7-4-10)21-22-16(23)24-15-12-5-8-18-13(12)19-9-20-15/h5,8-11,17H,1-4,6-7H2,(H,18,19,20). The third kappa shape index (κ3) is 2.50. The zero-order chi connectivity index (χ0) is 15.9. The highest BCUT2D eigenvalue weighted by Gasteiger charge is 2.33. The van der Waals surface area contributed by atoms with Crippen LogP contribution < -0.4 is 5.32 Å². The number of H-pyrrole nitrogens is 1. The van der Waals surface area contributed by atoms with Gasteiger partial charge in [-0.05, 0) is 56.6 Å². The van der Waals surface area contributed by atoms with E-state index >= 15 is 0 Å². The van der Waals surface area contributed by atoms with Gasteiger partial charge in [-0.3, -0.25) is 0 Å². The van der Waals surface area contributed by atoms with Crippen molar-refractivity contribution in [3.05, 3.63) is 24.4 Å². The molecule has 3 aromatic rings. The molecule has 3 aromatic heterocycles. The Morgan fingerprint density at radius 3 is 2.79 bits per heavy atom. The minimum atomic E-state index is 0.520. The molecule has 124 valence electrons. The van der Waals surface area contributed by atoms with E-state index in [-0.39, 0.29) is 0 Å². The second kappa shape index (κ2) is 5.86. The fourth-order valence-corrected chi connectivity index (χ4v) is 4.38. The summed E-state index contributed by atoms with van der Waals surface area (Å²) in [6.07, 6.45) is 8.25. The number of fused-ring (bicyclic) bond motifs is 1. The molecule has 2 fully saturated rings. The Bertz CT molecular complexity index is 860. The second-order valence-corrected chi connectivity index (χ2v) is 7.44. The highest BCUT2D eigenvalue weighted by atomic mass is 32.2. The molecule has 0 bridgehead atoms. The van der Waals surface area contributed by atoms with Crippen LogP contribution >= 0.6 is 11.8 Å². The van der Waals surface area contributed by atoms with Crippen molar-refractivity contribution in [2.24, 2.45) is 0 Å². The fourth-order valence-electron chi connectivity index (χ4n) is 3.41. The molecule has 0 amide bonds. The van der Waals surface area contributed by atoms with E-state index in [1.54, 1.807) is 18.1 Å². The molecule has 8 heteroatoms. The number of nitrogens with one attached hydrogen (secondary N) is 2. The quantitative estimate of drug-likeness (QED) is 0.709. The van der Waals surface area contributed by atoms with Gasteiger partial charge in [0.05, 0.1) is 5.39 Å². The Kier molecular flexibility index (Phi) is 3.52. The highest BCUT2D eigenvalue weighted by Crippen LogP contribution is 2.42. The first-order valence-electron chi connectivity index (χ1n) is 8.51. The van der Waals surface area contributed by atoms with E-state index < -0.39 is 0 Å². The van der Waals surface area contributed by atoms with Gasteiger partial charge in [0, 0.05) is 18.2 Å². The second-order valence-electron chi connectivity index (χ2n) is 6.49. The predicted molar refractivity (Wildman–Crippen MR) is 91.1 cm³/mol. The van der Waals surface area contributed by atoms with E-state index in [1.807, 2.05) is 12.3 Å². The summed E-state index contributed by atoms with van der Waals surface area (Å²) < 4.78 is 2.38. The van der Waals surface area contributed by atoms with Crippen molar-refractivity contribution in [1.29, 1.82) is 0 Å². The highest BCUT2D eigenvalue weighted by molar-refractivity contribution is 7.99. The average Bonchev–Trinajstić information content (AvgIpc) is 3.18. The number of nitrogens with zero attached hydrogens (tertiary/aromatic N) is 5. The van der Waals surface area contributed by atoms with Crippen LogP contribution in [0, 0.1) is 0 Å². The van der Waals surface area contributed by atoms with E-state index in [0.717, 1.165) is 47.1 Å². The Labute approximate surface area is 143 Å².